The number of carbonyl (C=O) groups excluding carboxylic acids is 2. The molecule has 3 rings (SSSR count). The van der Waals surface area contributed by atoms with Gasteiger partial charge in [0.15, 0.2) is 0 Å². The fraction of sp³-hybridized carbons (Fsp3) is 0.545. The third-order valence-electron chi connectivity index (χ3n) is 5.76. The van der Waals surface area contributed by atoms with E-state index in [2.05, 4.69) is 18.7 Å². The molecule has 5 nitrogen and oxygen atoms in total. The summed E-state index contributed by atoms with van der Waals surface area (Å²) >= 11 is 0. The zero-order valence-electron chi connectivity index (χ0n) is 16.2. The van der Waals surface area contributed by atoms with E-state index < -0.39 is 5.41 Å². The summed E-state index contributed by atoms with van der Waals surface area (Å²) in [5.41, 5.74) is 0.687. The molecule has 1 atom stereocenters. The normalized spacial score (nSPS) is 23.9. The van der Waals surface area contributed by atoms with Gasteiger partial charge in [0.1, 0.15) is 0 Å². The number of hydrogen-bond donors (Lipinski definition) is 0. The van der Waals surface area contributed by atoms with Gasteiger partial charge in [-0.3, -0.25) is 9.59 Å². The van der Waals surface area contributed by atoms with Gasteiger partial charge < -0.3 is 14.5 Å². The van der Waals surface area contributed by atoms with Crippen molar-refractivity contribution >= 4 is 11.8 Å². The quantitative estimate of drug-likeness (QED) is 0.749. The van der Waals surface area contributed by atoms with Gasteiger partial charge in [0, 0.05) is 26.2 Å². The molecule has 2 heterocycles. The molecule has 2 fully saturated rings. The third-order valence-corrected chi connectivity index (χ3v) is 5.76. The lowest BCUT2D eigenvalue weighted by atomic mass is 9.80. The minimum Gasteiger partial charge on any atom is -0.373 e. The summed E-state index contributed by atoms with van der Waals surface area (Å²) in [6, 6.07) is 10.2. The van der Waals surface area contributed by atoms with E-state index in [1.165, 1.54) is 11.6 Å². The van der Waals surface area contributed by atoms with Crippen LogP contribution in [-0.2, 0) is 20.9 Å². The first kappa shape index (κ1) is 19.6. The molecule has 1 unspecified atom stereocenters. The van der Waals surface area contributed by atoms with Gasteiger partial charge >= 0.3 is 0 Å². The van der Waals surface area contributed by atoms with Crippen LogP contribution in [0.1, 0.15) is 38.2 Å². The second kappa shape index (κ2) is 8.70. The standard InChI is InChI=1S/C22H30N2O3/c1-3-20(25)24-13-7-12-22(2,17-24)21(26)23-14-10-19(11-15-23)27-16-18-8-5-4-6-9-18/h3-6,8-9,19H,1,7,10-17H2,2H3. The largest absolute Gasteiger partial charge is 0.373 e. The highest BCUT2D eigenvalue weighted by molar-refractivity contribution is 5.89. The first-order valence-corrected chi connectivity index (χ1v) is 9.88. The number of likely N-dealkylation sites (tertiary alicyclic amines) is 2. The summed E-state index contributed by atoms with van der Waals surface area (Å²) in [7, 11) is 0. The molecule has 2 saturated heterocycles. The number of hydrogen-bond acceptors (Lipinski definition) is 3. The SMILES string of the molecule is C=CC(=O)N1CCCC(C)(C(=O)N2CCC(OCc3ccccc3)CC2)C1. The predicted molar refractivity (Wildman–Crippen MR) is 105 cm³/mol. The van der Waals surface area contributed by atoms with Crippen LogP contribution in [0, 0.1) is 5.41 Å². The van der Waals surface area contributed by atoms with Crippen LogP contribution in [0.25, 0.3) is 0 Å². The average Bonchev–Trinajstić information content (AvgIpc) is 2.72. The molecule has 0 N–H and O–H groups in total. The Balaban J connectivity index is 1.50. The van der Waals surface area contributed by atoms with E-state index in [1.54, 1.807) is 4.90 Å². The molecular formula is C22H30N2O3. The van der Waals surface area contributed by atoms with Crippen molar-refractivity contribution in [1.82, 2.24) is 9.80 Å². The molecule has 2 amide bonds. The molecule has 146 valence electrons. The molecule has 1 aromatic carbocycles. The monoisotopic (exact) mass is 370 g/mol. The number of nitrogens with zero attached hydrogens (tertiary/aromatic N) is 2. The Labute approximate surface area is 162 Å². The van der Waals surface area contributed by atoms with Crippen LogP contribution in [0.4, 0.5) is 0 Å². The third kappa shape index (κ3) is 4.78. The Morgan fingerprint density at radius 2 is 1.89 bits per heavy atom. The topological polar surface area (TPSA) is 49.9 Å². The zero-order chi connectivity index (χ0) is 19.3. The van der Waals surface area contributed by atoms with Crippen LogP contribution in [0.2, 0.25) is 0 Å². The molecule has 0 aromatic heterocycles. The second-order valence-corrected chi connectivity index (χ2v) is 7.92. The van der Waals surface area contributed by atoms with E-state index in [0.717, 1.165) is 38.8 Å². The Kier molecular flexibility index (Phi) is 6.32. The van der Waals surface area contributed by atoms with Gasteiger partial charge in [0.2, 0.25) is 11.8 Å². The van der Waals surface area contributed by atoms with Crippen LogP contribution >= 0.6 is 0 Å². The molecule has 0 bridgehead atoms. The van der Waals surface area contributed by atoms with E-state index in [-0.39, 0.29) is 17.9 Å². The van der Waals surface area contributed by atoms with Gasteiger partial charge in [-0.15, -0.1) is 0 Å². The first-order valence-electron chi connectivity index (χ1n) is 9.88. The molecule has 5 heteroatoms. The summed E-state index contributed by atoms with van der Waals surface area (Å²) in [6.07, 6.45) is 4.96. The highest BCUT2D eigenvalue weighted by Gasteiger charge is 2.42. The summed E-state index contributed by atoms with van der Waals surface area (Å²) in [4.78, 5) is 28.8. The van der Waals surface area contributed by atoms with Gasteiger partial charge in [-0.2, -0.15) is 0 Å². The molecule has 2 aliphatic heterocycles. The van der Waals surface area contributed by atoms with Crippen LogP contribution in [0.5, 0.6) is 0 Å². The number of amides is 2. The number of ether oxygens (including phenoxy) is 1. The van der Waals surface area contributed by atoms with Gasteiger partial charge in [0.05, 0.1) is 18.1 Å². The highest BCUT2D eigenvalue weighted by Crippen LogP contribution is 2.33. The maximum atomic E-state index is 13.1. The number of rotatable bonds is 5. The van der Waals surface area contributed by atoms with Gasteiger partial charge in [-0.25, -0.2) is 0 Å². The maximum Gasteiger partial charge on any atom is 0.245 e. The number of carbonyl (C=O) groups is 2. The van der Waals surface area contributed by atoms with Crippen molar-refractivity contribution in [2.45, 2.75) is 45.3 Å². The maximum absolute atomic E-state index is 13.1. The van der Waals surface area contributed by atoms with Crippen LogP contribution in [-0.4, -0.2) is 53.9 Å². The fourth-order valence-corrected chi connectivity index (χ4v) is 4.13. The summed E-state index contributed by atoms with van der Waals surface area (Å²) in [6.45, 7) is 8.83. The van der Waals surface area contributed by atoms with Crippen LogP contribution in [0.15, 0.2) is 43.0 Å². The minimum absolute atomic E-state index is 0.0817. The van der Waals surface area contributed by atoms with E-state index >= 15 is 0 Å². The van der Waals surface area contributed by atoms with Crippen molar-refractivity contribution in [3.05, 3.63) is 48.6 Å². The fourth-order valence-electron chi connectivity index (χ4n) is 4.13. The average molecular weight is 370 g/mol. The highest BCUT2D eigenvalue weighted by atomic mass is 16.5. The molecule has 0 spiro atoms. The van der Waals surface area contributed by atoms with Crippen molar-refractivity contribution in [1.29, 1.82) is 0 Å². The van der Waals surface area contributed by atoms with E-state index in [4.69, 9.17) is 4.74 Å². The van der Waals surface area contributed by atoms with Crippen molar-refractivity contribution in [2.24, 2.45) is 5.41 Å². The summed E-state index contributed by atoms with van der Waals surface area (Å²) in [5.74, 6) is 0.0901. The number of piperidine rings is 2. The molecule has 0 aliphatic carbocycles. The Morgan fingerprint density at radius 3 is 2.56 bits per heavy atom. The van der Waals surface area contributed by atoms with Gasteiger partial charge in [-0.1, -0.05) is 36.9 Å². The van der Waals surface area contributed by atoms with E-state index in [0.29, 0.717) is 19.7 Å². The molecule has 0 radical (unpaired) electrons. The second-order valence-electron chi connectivity index (χ2n) is 7.92. The minimum atomic E-state index is -0.491. The van der Waals surface area contributed by atoms with Gasteiger partial charge in [-0.05, 0) is 44.2 Å². The van der Waals surface area contributed by atoms with Crippen LogP contribution < -0.4 is 0 Å². The number of benzene rings is 1. The van der Waals surface area contributed by atoms with Gasteiger partial charge in [0.25, 0.3) is 0 Å². The smallest absolute Gasteiger partial charge is 0.245 e. The summed E-state index contributed by atoms with van der Waals surface area (Å²) in [5, 5.41) is 0. The molecule has 0 saturated carbocycles. The van der Waals surface area contributed by atoms with E-state index in [9.17, 15) is 9.59 Å². The predicted octanol–water partition coefficient (Wildman–Crippen LogP) is 3.01. The molecule has 27 heavy (non-hydrogen) atoms. The first-order chi connectivity index (χ1) is 13.0. The zero-order valence-corrected chi connectivity index (χ0v) is 16.2. The van der Waals surface area contributed by atoms with Crippen molar-refractivity contribution in [3.8, 4) is 0 Å². The van der Waals surface area contributed by atoms with Crippen LogP contribution in [0.3, 0.4) is 0 Å². The molecule has 1 aromatic rings. The lowest BCUT2D eigenvalue weighted by molar-refractivity contribution is -0.149. The Morgan fingerprint density at radius 1 is 1.19 bits per heavy atom. The van der Waals surface area contributed by atoms with E-state index in [1.807, 2.05) is 30.0 Å². The molecule has 2 aliphatic rings. The van der Waals surface area contributed by atoms with Crippen molar-refractivity contribution in [3.63, 3.8) is 0 Å². The van der Waals surface area contributed by atoms with Crippen molar-refractivity contribution < 1.29 is 14.3 Å². The molecular weight excluding hydrogens is 340 g/mol. The Hall–Kier alpha value is -2.14. The lowest BCUT2D eigenvalue weighted by Crippen LogP contribution is -2.54. The Bertz CT molecular complexity index is 667. The summed E-state index contributed by atoms with van der Waals surface area (Å²) < 4.78 is 6.03. The van der Waals surface area contributed by atoms with Crippen molar-refractivity contribution in [2.75, 3.05) is 26.2 Å². The lowest BCUT2D eigenvalue weighted by Gasteiger charge is -2.43.